The van der Waals surface area contributed by atoms with Crippen molar-refractivity contribution in [3.63, 3.8) is 0 Å². The molecule has 1 heterocycles. The first-order valence-electron chi connectivity index (χ1n) is 12.1. The molecule has 0 unspecified atom stereocenters. The molecule has 0 bridgehead atoms. The number of aryl methyl sites for hydroxylation is 1. The highest BCUT2D eigenvalue weighted by Crippen LogP contribution is 2.13. The van der Waals surface area contributed by atoms with Gasteiger partial charge >= 0.3 is 11.9 Å². The molecule has 0 spiro atoms. The van der Waals surface area contributed by atoms with Crippen molar-refractivity contribution in [2.24, 2.45) is 0 Å². The van der Waals surface area contributed by atoms with E-state index in [4.69, 9.17) is 9.47 Å². The van der Waals surface area contributed by atoms with E-state index in [0.29, 0.717) is 22.5 Å². The molecule has 0 saturated carbocycles. The van der Waals surface area contributed by atoms with Gasteiger partial charge in [0.1, 0.15) is 22.8 Å². The summed E-state index contributed by atoms with van der Waals surface area (Å²) in [5.41, 5.74) is 1.49. The second-order valence-corrected chi connectivity index (χ2v) is 8.30. The Hall–Kier alpha value is -4.60. The minimum absolute atomic E-state index is 0.00123. The van der Waals surface area contributed by atoms with Crippen molar-refractivity contribution in [1.29, 1.82) is 0 Å². The third kappa shape index (κ3) is 8.46. The van der Waals surface area contributed by atoms with Crippen LogP contribution in [0.3, 0.4) is 0 Å². The Morgan fingerprint density at radius 1 is 0.846 bits per heavy atom. The van der Waals surface area contributed by atoms with Gasteiger partial charge in [-0.05, 0) is 94.8 Å². The van der Waals surface area contributed by atoms with Crippen LogP contribution in [0.25, 0.3) is 5.69 Å². The van der Waals surface area contributed by atoms with E-state index in [-0.39, 0.29) is 30.2 Å². The predicted molar refractivity (Wildman–Crippen MR) is 143 cm³/mol. The number of nitrogens with zero attached hydrogens (tertiary/aromatic N) is 1. The van der Waals surface area contributed by atoms with Crippen LogP contribution in [-0.4, -0.2) is 35.6 Å². The molecule has 10 heteroatoms. The van der Waals surface area contributed by atoms with Crippen molar-refractivity contribution < 1.29 is 32.6 Å². The minimum Gasteiger partial charge on any atom is -0.462 e. The van der Waals surface area contributed by atoms with Crippen LogP contribution in [0.1, 0.15) is 43.6 Å². The molecule has 0 aliphatic carbocycles. The molecular formula is C29H30F2N2O6. The molecule has 39 heavy (non-hydrogen) atoms. The van der Waals surface area contributed by atoms with Gasteiger partial charge in [-0.15, -0.1) is 0 Å². The lowest BCUT2D eigenvalue weighted by Crippen LogP contribution is -2.27. The van der Waals surface area contributed by atoms with Gasteiger partial charge in [-0.25, -0.2) is 18.4 Å². The number of carbonyl (C=O) groups is 3. The molecule has 0 fully saturated rings. The van der Waals surface area contributed by atoms with Gasteiger partial charge in [0.15, 0.2) is 0 Å². The number of benzene rings is 2. The number of carbonyl (C=O) groups excluding carboxylic acids is 3. The summed E-state index contributed by atoms with van der Waals surface area (Å²) in [6.07, 6.45) is 1.55. The highest BCUT2D eigenvalue weighted by molar-refractivity contribution is 6.21. The molecule has 2 aromatic carbocycles. The molecule has 1 N–H and O–H groups in total. The van der Waals surface area contributed by atoms with E-state index >= 15 is 0 Å². The van der Waals surface area contributed by atoms with E-state index in [1.807, 2.05) is 0 Å². The van der Waals surface area contributed by atoms with Crippen LogP contribution in [-0.2, 0) is 19.1 Å². The van der Waals surface area contributed by atoms with Crippen molar-refractivity contribution in [2.45, 2.75) is 34.6 Å². The maximum absolute atomic E-state index is 12.9. The fraction of sp³-hybridized carbons (Fsp3) is 0.241. The van der Waals surface area contributed by atoms with Crippen LogP contribution in [0.15, 0.2) is 76.7 Å². The molecule has 206 valence electrons. The zero-order chi connectivity index (χ0) is 29.1. The van der Waals surface area contributed by atoms with Gasteiger partial charge in [0.2, 0.25) is 0 Å². The number of halogens is 2. The summed E-state index contributed by atoms with van der Waals surface area (Å²) in [6, 6.07) is 12.4. The van der Waals surface area contributed by atoms with Crippen molar-refractivity contribution in [3.8, 4) is 5.69 Å². The maximum Gasteiger partial charge on any atom is 0.344 e. The minimum atomic E-state index is -0.665. The maximum atomic E-state index is 12.9. The molecule has 0 aliphatic rings. The zero-order valence-electron chi connectivity index (χ0n) is 22.3. The van der Waals surface area contributed by atoms with Crippen molar-refractivity contribution in [2.75, 3.05) is 18.5 Å². The summed E-state index contributed by atoms with van der Waals surface area (Å²) >= 11 is 0. The Bertz CT molecular complexity index is 1410. The van der Waals surface area contributed by atoms with E-state index < -0.39 is 29.2 Å². The van der Waals surface area contributed by atoms with E-state index in [0.717, 1.165) is 0 Å². The van der Waals surface area contributed by atoms with Crippen LogP contribution in [0, 0.1) is 18.6 Å². The Balaban J connectivity index is 0.000000274. The molecule has 0 atom stereocenters. The summed E-state index contributed by atoms with van der Waals surface area (Å²) in [7, 11) is 0. The third-order valence-corrected chi connectivity index (χ3v) is 5.19. The smallest absolute Gasteiger partial charge is 0.344 e. The number of pyridine rings is 1. The molecule has 0 saturated heterocycles. The number of esters is 2. The average Bonchev–Trinajstić information content (AvgIpc) is 2.87. The second kappa shape index (κ2) is 14.4. The summed E-state index contributed by atoms with van der Waals surface area (Å²) in [5.74, 6) is -2.66. The lowest BCUT2D eigenvalue weighted by atomic mass is 10.1. The van der Waals surface area contributed by atoms with Gasteiger partial charge in [0.05, 0.1) is 13.2 Å². The van der Waals surface area contributed by atoms with Crippen molar-refractivity contribution in [3.05, 3.63) is 105 Å². The van der Waals surface area contributed by atoms with Crippen molar-refractivity contribution >= 4 is 23.5 Å². The van der Waals surface area contributed by atoms with E-state index in [1.165, 1.54) is 53.1 Å². The number of anilines is 1. The average molecular weight is 541 g/mol. The first-order valence-corrected chi connectivity index (χ1v) is 12.1. The highest BCUT2D eigenvalue weighted by atomic mass is 19.1. The molecule has 1 aromatic heterocycles. The Morgan fingerprint density at radius 3 is 1.90 bits per heavy atom. The van der Waals surface area contributed by atoms with Gasteiger partial charge in [0.25, 0.3) is 11.5 Å². The van der Waals surface area contributed by atoms with E-state index in [2.05, 4.69) is 5.32 Å². The van der Waals surface area contributed by atoms with Crippen LogP contribution >= 0.6 is 0 Å². The fourth-order valence-electron chi connectivity index (χ4n) is 3.34. The summed E-state index contributed by atoms with van der Waals surface area (Å²) in [6.45, 7) is 8.70. The molecule has 0 radical (unpaired) electrons. The molecule has 3 rings (SSSR count). The molecule has 3 aromatic rings. The fourth-order valence-corrected chi connectivity index (χ4v) is 3.34. The number of hydrogen-bond donors (Lipinski definition) is 1. The zero-order valence-corrected chi connectivity index (χ0v) is 22.3. The van der Waals surface area contributed by atoms with Gasteiger partial charge in [-0.2, -0.15) is 0 Å². The number of ether oxygens (including phenoxy) is 2. The second-order valence-electron chi connectivity index (χ2n) is 8.30. The first kappa shape index (κ1) is 30.6. The SMILES string of the molecule is CCOC(=O)C(C(=O)Nc1ccc(F)cc1)=C(C)C.CCOC(=O)c1c(C)ccn(-c2ccc(F)cc2)c1=O. The molecule has 1 amide bonds. The number of amides is 1. The number of hydrogen-bond acceptors (Lipinski definition) is 6. The van der Waals surface area contributed by atoms with Crippen LogP contribution < -0.4 is 10.9 Å². The normalized spacial score (nSPS) is 10.0. The Morgan fingerprint density at radius 2 is 1.38 bits per heavy atom. The largest absolute Gasteiger partial charge is 0.462 e. The van der Waals surface area contributed by atoms with Gasteiger partial charge in [-0.1, -0.05) is 5.57 Å². The lowest BCUT2D eigenvalue weighted by Gasteiger charge is -2.10. The summed E-state index contributed by atoms with van der Waals surface area (Å²) < 4.78 is 36.7. The quantitative estimate of drug-likeness (QED) is 0.193. The standard InChI is InChI=1S/C15H14FNO3.C14H16FNO3/c1-3-20-15(19)13-10(2)8-9-17(14(13)18)12-6-4-11(16)5-7-12;1-4-19-14(18)12(9(2)3)13(17)16-11-7-5-10(15)6-8-11/h4-9H,3H2,1-2H3;5-8H,4H2,1-3H3,(H,16,17). The van der Waals surface area contributed by atoms with Gasteiger partial charge < -0.3 is 14.8 Å². The number of nitrogens with one attached hydrogen (secondary N) is 1. The number of aromatic nitrogens is 1. The van der Waals surface area contributed by atoms with Crippen LogP contribution in [0.5, 0.6) is 0 Å². The summed E-state index contributed by atoms with van der Waals surface area (Å²) in [4.78, 5) is 47.8. The Labute approximate surface area is 224 Å². The van der Waals surface area contributed by atoms with E-state index in [1.54, 1.807) is 46.9 Å². The Kier molecular flexibility index (Phi) is 11.3. The monoisotopic (exact) mass is 540 g/mol. The van der Waals surface area contributed by atoms with Gasteiger partial charge in [0, 0.05) is 17.6 Å². The molecule has 0 aliphatic heterocycles. The first-order chi connectivity index (χ1) is 18.5. The van der Waals surface area contributed by atoms with Gasteiger partial charge in [-0.3, -0.25) is 14.2 Å². The molecular weight excluding hydrogens is 510 g/mol. The molecule has 8 nitrogen and oxygen atoms in total. The topological polar surface area (TPSA) is 104 Å². The third-order valence-electron chi connectivity index (χ3n) is 5.19. The van der Waals surface area contributed by atoms with E-state index in [9.17, 15) is 28.0 Å². The predicted octanol–water partition coefficient (Wildman–Crippen LogP) is 5.13. The highest BCUT2D eigenvalue weighted by Gasteiger charge is 2.21. The number of rotatable bonds is 7. The van der Waals surface area contributed by atoms with Crippen molar-refractivity contribution in [1.82, 2.24) is 4.57 Å². The van der Waals surface area contributed by atoms with Crippen LogP contribution in [0.4, 0.5) is 14.5 Å². The lowest BCUT2D eigenvalue weighted by molar-refractivity contribution is -0.139. The summed E-state index contributed by atoms with van der Waals surface area (Å²) in [5, 5.41) is 2.53. The number of allylic oxidation sites excluding steroid dienone is 1. The van der Waals surface area contributed by atoms with Crippen LogP contribution in [0.2, 0.25) is 0 Å².